The monoisotopic (exact) mass is 394 g/mol. The van der Waals surface area contributed by atoms with Gasteiger partial charge in [-0.25, -0.2) is 17.5 Å². The molecule has 0 heterocycles. The van der Waals surface area contributed by atoms with Crippen molar-refractivity contribution >= 4 is 16.0 Å². The molecule has 0 aliphatic heterocycles. The smallest absolute Gasteiger partial charge is 0.243 e. The first-order valence-electron chi connectivity index (χ1n) is 8.56. The molecule has 0 atom stereocenters. The van der Waals surface area contributed by atoms with Crippen molar-refractivity contribution in [3.63, 3.8) is 0 Å². The van der Waals surface area contributed by atoms with Gasteiger partial charge in [-0.3, -0.25) is 0 Å². The number of hydrogen-bond donors (Lipinski definition) is 1. The number of halogens is 1. The lowest BCUT2D eigenvalue weighted by molar-refractivity contribution is -0.255. The van der Waals surface area contributed by atoms with E-state index in [1.54, 1.807) is 24.3 Å². The van der Waals surface area contributed by atoms with Crippen molar-refractivity contribution in [3.05, 3.63) is 59.4 Å². The fourth-order valence-corrected chi connectivity index (χ4v) is 3.46. The second kappa shape index (κ2) is 9.48. The molecule has 2 aromatic rings. The lowest BCUT2D eigenvalue weighted by Crippen LogP contribution is -2.26. The molecule has 0 saturated heterocycles. The van der Waals surface area contributed by atoms with Gasteiger partial charge in [-0.15, -0.1) is 0 Å². The average molecular weight is 394 g/mol. The Morgan fingerprint density at radius 3 is 2.48 bits per heavy atom. The van der Waals surface area contributed by atoms with Crippen molar-refractivity contribution in [2.75, 3.05) is 6.61 Å². The number of carbonyl (C=O) groups excluding carboxylic acids is 1. The van der Waals surface area contributed by atoms with Crippen LogP contribution in [0.15, 0.2) is 47.4 Å². The highest BCUT2D eigenvalue weighted by Crippen LogP contribution is 2.18. The van der Waals surface area contributed by atoms with Crippen LogP contribution in [0.2, 0.25) is 0 Å². The largest absolute Gasteiger partial charge is 0.545 e. The second-order valence-electron chi connectivity index (χ2n) is 5.96. The zero-order valence-corrected chi connectivity index (χ0v) is 15.7. The highest BCUT2D eigenvalue weighted by Gasteiger charge is 2.19. The fourth-order valence-electron chi connectivity index (χ4n) is 2.34. The van der Waals surface area contributed by atoms with E-state index in [9.17, 15) is 22.7 Å². The van der Waals surface area contributed by atoms with Gasteiger partial charge in [0.05, 0.1) is 12.6 Å². The lowest BCUT2D eigenvalue weighted by atomic mass is 10.2. The van der Waals surface area contributed by atoms with Crippen molar-refractivity contribution in [1.82, 2.24) is 4.72 Å². The molecule has 2 aromatic carbocycles. The Hall–Kier alpha value is -2.45. The lowest BCUT2D eigenvalue weighted by Gasteiger charge is -2.11. The molecule has 0 radical (unpaired) electrons. The number of unbranched alkanes of at least 4 members (excludes halogenated alkanes) is 2. The Morgan fingerprint density at radius 1 is 1.15 bits per heavy atom. The van der Waals surface area contributed by atoms with Crippen LogP contribution in [0.4, 0.5) is 4.39 Å². The quantitative estimate of drug-likeness (QED) is 0.624. The van der Waals surface area contributed by atoms with Crippen LogP contribution in [0.3, 0.4) is 0 Å². The van der Waals surface area contributed by atoms with Crippen LogP contribution >= 0.6 is 0 Å². The highest BCUT2D eigenvalue weighted by atomic mass is 32.2. The van der Waals surface area contributed by atoms with E-state index in [1.807, 2.05) is 0 Å². The zero-order chi connectivity index (χ0) is 19.9. The maximum absolute atomic E-state index is 13.8. The topological polar surface area (TPSA) is 95.5 Å². The molecule has 0 aromatic heterocycles. The van der Waals surface area contributed by atoms with Gasteiger partial charge in [-0.1, -0.05) is 38.0 Å². The molecule has 0 saturated carbocycles. The van der Waals surface area contributed by atoms with Crippen LogP contribution in [0.25, 0.3) is 0 Å². The number of nitrogens with one attached hydrogen (secondary N) is 1. The van der Waals surface area contributed by atoms with E-state index in [2.05, 4.69) is 11.6 Å². The highest BCUT2D eigenvalue weighted by molar-refractivity contribution is 7.89. The van der Waals surface area contributed by atoms with E-state index in [1.165, 1.54) is 0 Å². The van der Waals surface area contributed by atoms with Crippen LogP contribution in [0.1, 0.15) is 42.1 Å². The number of hydrogen-bond acceptors (Lipinski definition) is 5. The molecule has 8 heteroatoms. The summed E-state index contributed by atoms with van der Waals surface area (Å²) >= 11 is 0. The van der Waals surface area contributed by atoms with Gasteiger partial charge in [0.2, 0.25) is 10.0 Å². The predicted octanol–water partition coefficient (Wildman–Crippen LogP) is 2.24. The normalized spacial score (nSPS) is 11.3. The van der Waals surface area contributed by atoms with E-state index < -0.39 is 32.3 Å². The molecule has 0 spiro atoms. The van der Waals surface area contributed by atoms with E-state index in [0.717, 1.165) is 37.5 Å². The number of rotatable bonds is 10. The number of carboxylic acid groups (broad SMARTS) is 1. The van der Waals surface area contributed by atoms with Gasteiger partial charge >= 0.3 is 0 Å². The van der Waals surface area contributed by atoms with Gasteiger partial charge in [0, 0.05) is 6.54 Å². The van der Waals surface area contributed by atoms with Gasteiger partial charge in [0.1, 0.15) is 16.5 Å². The van der Waals surface area contributed by atoms with Crippen LogP contribution in [0.5, 0.6) is 5.75 Å². The first-order valence-corrected chi connectivity index (χ1v) is 10.0. The summed E-state index contributed by atoms with van der Waals surface area (Å²) in [5, 5.41) is 10.9. The molecule has 0 bridgehead atoms. The van der Waals surface area contributed by atoms with Gasteiger partial charge in [-0.2, -0.15) is 0 Å². The molecular weight excluding hydrogens is 373 g/mol. The van der Waals surface area contributed by atoms with Crippen LogP contribution in [0, 0.1) is 5.82 Å². The molecule has 0 amide bonds. The minimum absolute atomic E-state index is 0.0760. The summed E-state index contributed by atoms with van der Waals surface area (Å²) in [6.45, 7) is 2.65. The van der Waals surface area contributed by atoms with Crippen LogP contribution in [-0.2, 0) is 16.6 Å². The molecule has 0 fully saturated rings. The zero-order valence-electron chi connectivity index (χ0n) is 14.9. The standard InChI is InChI=1S/C19H22FNO5S/c1-2-3-4-11-26-16-8-5-14(6-9-16)13-21-27(24,25)18-12-15(19(22)23)7-10-17(18)20/h5-10,12,21H,2-4,11,13H2,1H3,(H,22,23)/p-1. The second-order valence-corrected chi connectivity index (χ2v) is 7.69. The molecule has 27 heavy (non-hydrogen) atoms. The summed E-state index contributed by atoms with van der Waals surface area (Å²) in [6.07, 6.45) is 3.17. The predicted molar refractivity (Wildman–Crippen MR) is 96.2 cm³/mol. The Kier molecular flexibility index (Phi) is 7.32. The van der Waals surface area contributed by atoms with Crippen molar-refractivity contribution in [2.45, 2.75) is 37.6 Å². The number of carbonyl (C=O) groups is 1. The summed E-state index contributed by atoms with van der Waals surface area (Å²) in [6, 6.07) is 9.32. The van der Waals surface area contributed by atoms with Gasteiger partial charge in [0.15, 0.2) is 0 Å². The first kappa shape index (κ1) is 20.9. The van der Waals surface area contributed by atoms with Crippen LogP contribution < -0.4 is 14.6 Å². The molecular formula is C19H21FNO5S-. The third-order valence-corrected chi connectivity index (χ3v) is 5.28. The van der Waals surface area contributed by atoms with Gasteiger partial charge in [-0.05, 0) is 41.8 Å². The summed E-state index contributed by atoms with van der Waals surface area (Å²) in [7, 11) is -4.22. The summed E-state index contributed by atoms with van der Waals surface area (Å²) in [5.74, 6) is -1.94. The van der Waals surface area contributed by atoms with Gasteiger partial charge < -0.3 is 14.6 Å². The number of carboxylic acids is 1. The third kappa shape index (κ3) is 6.04. The molecule has 146 valence electrons. The Morgan fingerprint density at radius 2 is 1.85 bits per heavy atom. The Labute approximate surface area is 158 Å². The first-order chi connectivity index (χ1) is 12.8. The summed E-state index contributed by atoms with van der Waals surface area (Å²) < 4.78 is 46.2. The summed E-state index contributed by atoms with van der Waals surface area (Å²) in [5.41, 5.74) is 0.234. The molecule has 6 nitrogen and oxygen atoms in total. The maximum Gasteiger partial charge on any atom is 0.243 e. The molecule has 1 N–H and O–H groups in total. The van der Waals surface area contributed by atoms with Crippen molar-refractivity contribution < 1.29 is 27.4 Å². The molecule has 0 unspecified atom stereocenters. The minimum Gasteiger partial charge on any atom is -0.545 e. The van der Waals surface area contributed by atoms with E-state index in [-0.39, 0.29) is 6.54 Å². The number of ether oxygens (including phenoxy) is 1. The molecule has 0 aliphatic rings. The van der Waals surface area contributed by atoms with Gasteiger partial charge in [0.25, 0.3) is 0 Å². The fraction of sp³-hybridized carbons (Fsp3) is 0.316. The maximum atomic E-state index is 13.8. The number of aromatic carboxylic acids is 1. The van der Waals surface area contributed by atoms with Crippen molar-refractivity contribution in [3.8, 4) is 5.75 Å². The molecule has 2 rings (SSSR count). The van der Waals surface area contributed by atoms with E-state index >= 15 is 0 Å². The molecule has 0 aliphatic carbocycles. The number of sulfonamides is 1. The van der Waals surface area contributed by atoms with Crippen LogP contribution in [-0.4, -0.2) is 21.0 Å². The number of benzene rings is 2. The minimum atomic E-state index is -4.22. The summed E-state index contributed by atoms with van der Waals surface area (Å²) in [4.78, 5) is 10.1. The van der Waals surface area contributed by atoms with Crippen molar-refractivity contribution in [1.29, 1.82) is 0 Å². The van der Waals surface area contributed by atoms with E-state index in [0.29, 0.717) is 17.9 Å². The van der Waals surface area contributed by atoms with Crippen molar-refractivity contribution in [2.24, 2.45) is 0 Å². The SMILES string of the molecule is CCCCCOc1ccc(CNS(=O)(=O)c2cc(C(=O)[O-])ccc2F)cc1. The Balaban J connectivity index is 2.01. The third-order valence-electron chi connectivity index (χ3n) is 3.86. The van der Waals surface area contributed by atoms with E-state index in [4.69, 9.17) is 4.74 Å². The Bertz CT molecular complexity index is 881. The average Bonchev–Trinajstić information content (AvgIpc) is 2.64.